The molecule has 4 rings (SSSR count). The summed E-state index contributed by atoms with van der Waals surface area (Å²) in [5.74, 6) is 0.188. The number of H-pyrrole nitrogens is 1. The predicted molar refractivity (Wildman–Crippen MR) is 134 cm³/mol. The van der Waals surface area contributed by atoms with Crippen LogP contribution in [0.15, 0.2) is 58.5 Å². The van der Waals surface area contributed by atoms with E-state index in [0.29, 0.717) is 53.9 Å². The quantitative estimate of drug-likeness (QED) is 0.307. The van der Waals surface area contributed by atoms with Crippen LogP contribution in [0.1, 0.15) is 34.1 Å². The van der Waals surface area contributed by atoms with Gasteiger partial charge in [-0.3, -0.25) is 14.4 Å². The Morgan fingerprint density at radius 2 is 1.69 bits per heavy atom. The van der Waals surface area contributed by atoms with Crippen molar-refractivity contribution in [3.63, 3.8) is 0 Å². The molecule has 0 radical (unpaired) electrons. The molecule has 1 aliphatic heterocycles. The fourth-order valence-electron chi connectivity index (χ4n) is 3.98. The number of Topliss-reactive ketones (excluding diaryl/α,β-unsaturated/α-hetero) is 1. The summed E-state index contributed by atoms with van der Waals surface area (Å²) in [6.45, 7) is 5.76. The Balaban J connectivity index is 1.33. The number of hydrogen-bond donors (Lipinski definition) is 1. The van der Waals surface area contributed by atoms with Gasteiger partial charge in [0.25, 0.3) is 5.56 Å². The van der Waals surface area contributed by atoms with E-state index in [2.05, 4.69) is 14.9 Å². The number of ketones is 1. The van der Waals surface area contributed by atoms with E-state index in [1.165, 1.54) is 23.9 Å². The molecule has 0 atom stereocenters. The Labute approximate surface area is 207 Å². The summed E-state index contributed by atoms with van der Waals surface area (Å²) < 4.78 is 13.1. The van der Waals surface area contributed by atoms with Crippen molar-refractivity contribution in [2.45, 2.75) is 31.2 Å². The number of piperazine rings is 1. The number of rotatable bonds is 7. The van der Waals surface area contributed by atoms with Crippen LogP contribution in [-0.2, 0) is 17.0 Å². The zero-order valence-corrected chi connectivity index (χ0v) is 20.5. The fraction of sp³-hybridized carbons (Fsp3) is 0.308. The first-order valence-electron chi connectivity index (χ1n) is 11.4. The van der Waals surface area contributed by atoms with Crippen LogP contribution in [0.25, 0.3) is 0 Å². The standard InChI is InChI=1S/C26H27FN4O3S/c1-17-23(25(34)29-26(28-17)35-16-19-3-7-21(27)8-4-19)15-24(33)31-13-11-30(12-14-31)22-9-5-20(6-10-22)18(2)32/h3-10H,11-16H2,1-2H3,(H,28,29,34). The lowest BCUT2D eigenvalue weighted by Crippen LogP contribution is -2.49. The average Bonchev–Trinajstić information content (AvgIpc) is 2.86. The van der Waals surface area contributed by atoms with Crippen LogP contribution in [0.5, 0.6) is 0 Å². The smallest absolute Gasteiger partial charge is 0.255 e. The maximum atomic E-state index is 13.1. The van der Waals surface area contributed by atoms with Gasteiger partial charge in [-0.15, -0.1) is 0 Å². The second kappa shape index (κ2) is 10.9. The second-order valence-corrected chi connectivity index (χ2v) is 9.46. The van der Waals surface area contributed by atoms with Gasteiger partial charge in [-0.2, -0.15) is 0 Å². The molecule has 1 fully saturated rings. The Morgan fingerprint density at radius 1 is 1.03 bits per heavy atom. The van der Waals surface area contributed by atoms with Gasteiger partial charge in [-0.05, 0) is 55.8 Å². The van der Waals surface area contributed by atoms with Gasteiger partial charge in [0.05, 0.1) is 6.42 Å². The molecule has 182 valence electrons. The summed E-state index contributed by atoms with van der Waals surface area (Å²) in [5.41, 5.74) is 3.22. The van der Waals surface area contributed by atoms with Crippen molar-refractivity contribution in [3.8, 4) is 0 Å². The Kier molecular flexibility index (Phi) is 7.65. The first kappa shape index (κ1) is 24.7. The Morgan fingerprint density at radius 3 is 2.29 bits per heavy atom. The van der Waals surface area contributed by atoms with Gasteiger partial charge >= 0.3 is 0 Å². The number of halogens is 1. The maximum absolute atomic E-state index is 13.1. The molecule has 1 amide bonds. The summed E-state index contributed by atoms with van der Waals surface area (Å²) in [6, 6.07) is 13.7. The van der Waals surface area contributed by atoms with E-state index in [1.807, 2.05) is 24.3 Å². The van der Waals surface area contributed by atoms with E-state index in [9.17, 15) is 18.8 Å². The minimum absolute atomic E-state index is 0.00435. The highest BCUT2D eigenvalue weighted by Crippen LogP contribution is 2.20. The van der Waals surface area contributed by atoms with Crippen molar-refractivity contribution in [3.05, 3.63) is 87.1 Å². The molecular weight excluding hydrogens is 467 g/mol. The molecule has 1 N–H and O–H groups in total. The number of carbonyl (C=O) groups is 2. The van der Waals surface area contributed by atoms with Crippen LogP contribution in [0.3, 0.4) is 0 Å². The van der Waals surface area contributed by atoms with Crippen molar-refractivity contribution in [2.75, 3.05) is 31.1 Å². The molecule has 35 heavy (non-hydrogen) atoms. The predicted octanol–water partition coefficient (Wildman–Crippen LogP) is 3.60. The van der Waals surface area contributed by atoms with Gasteiger partial charge in [0.2, 0.25) is 5.91 Å². The van der Waals surface area contributed by atoms with Crippen molar-refractivity contribution < 1.29 is 14.0 Å². The first-order valence-corrected chi connectivity index (χ1v) is 12.4. The van der Waals surface area contributed by atoms with Crippen LogP contribution in [0.2, 0.25) is 0 Å². The molecule has 0 bridgehead atoms. The lowest BCUT2D eigenvalue weighted by molar-refractivity contribution is -0.130. The zero-order chi connectivity index (χ0) is 24.9. The number of aromatic nitrogens is 2. The SMILES string of the molecule is CC(=O)c1ccc(N2CCN(C(=O)Cc3c(C)nc(SCc4ccc(F)cc4)[nH]c3=O)CC2)cc1. The fourth-order valence-corrected chi connectivity index (χ4v) is 4.84. The molecule has 1 aromatic heterocycles. The highest BCUT2D eigenvalue weighted by molar-refractivity contribution is 7.98. The van der Waals surface area contributed by atoms with Crippen LogP contribution >= 0.6 is 11.8 Å². The maximum Gasteiger partial charge on any atom is 0.255 e. The van der Waals surface area contributed by atoms with Gasteiger partial charge in [-0.25, -0.2) is 9.37 Å². The van der Waals surface area contributed by atoms with Crippen molar-refractivity contribution >= 4 is 29.1 Å². The van der Waals surface area contributed by atoms with Gasteiger partial charge in [0, 0.05) is 54.4 Å². The number of hydrogen-bond acceptors (Lipinski definition) is 6. The summed E-state index contributed by atoms with van der Waals surface area (Å²) in [5, 5.41) is 0.470. The van der Waals surface area contributed by atoms with Crippen LogP contribution < -0.4 is 10.5 Å². The van der Waals surface area contributed by atoms with Crippen LogP contribution in [0, 0.1) is 12.7 Å². The molecule has 0 saturated carbocycles. The monoisotopic (exact) mass is 494 g/mol. The number of aromatic amines is 1. The van der Waals surface area contributed by atoms with E-state index >= 15 is 0 Å². The number of aryl methyl sites for hydroxylation is 1. The molecule has 1 saturated heterocycles. The largest absolute Gasteiger partial charge is 0.368 e. The van der Waals surface area contributed by atoms with E-state index in [-0.39, 0.29) is 29.5 Å². The molecule has 2 heterocycles. The number of anilines is 1. The summed E-state index contributed by atoms with van der Waals surface area (Å²) in [4.78, 5) is 48.3. The second-order valence-electron chi connectivity index (χ2n) is 8.50. The van der Waals surface area contributed by atoms with Crippen LogP contribution in [0.4, 0.5) is 10.1 Å². The number of carbonyl (C=O) groups excluding carboxylic acids is 2. The number of nitrogens with zero attached hydrogens (tertiary/aromatic N) is 3. The highest BCUT2D eigenvalue weighted by atomic mass is 32.2. The normalized spacial score (nSPS) is 13.7. The lowest BCUT2D eigenvalue weighted by atomic mass is 10.1. The van der Waals surface area contributed by atoms with E-state index in [1.54, 1.807) is 30.9 Å². The first-order chi connectivity index (χ1) is 16.8. The molecular formula is C26H27FN4O3S. The van der Waals surface area contributed by atoms with Gasteiger partial charge in [0.1, 0.15) is 5.82 Å². The molecule has 7 nitrogen and oxygen atoms in total. The van der Waals surface area contributed by atoms with Crippen molar-refractivity contribution in [2.24, 2.45) is 0 Å². The molecule has 0 spiro atoms. The summed E-state index contributed by atoms with van der Waals surface area (Å²) in [7, 11) is 0. The summed E-state index contributed by atoms with van der Waals surface area (Å²) >= 11 is 1.36. The molecule has 1 aliphatic rings. The van der Waals surface area contributed by atoms with Crippen molar-refractivity contribution in [1.29, 1.82) is 0 Å². The third-order valence-electron chi connectivity index (χ3n) is 6.09. The van der Waals surface area contributed by atoms with Crippen LogP contribution in [-0.4, -0.2) is 52.7 Å². The molecule has 3 aromatic rings. The lowest BCUT2D eigenvalue weighted by Gasteiger charge is -2.36. The molecule has 9 heteroatoms. The number of nitrogens with one attached hydrogen (secondary N) is 1. The molecule has 0 unspecified atom stereocenters. The minimum atomic E-state index is -0.309. The topological polar surface area (TPSA) is 86.4 Å². The third-order valence-corrected chi connectivity index (χ3v) is 7.03. The average molecular weight is 495 g/mol. The van der Waals surface area contributed by atoms with Crippen molar-refractivity contribution in [1.82, 2.24) is 14.9 Å². The highest BCUT2D eigenvalue weighted by Gasteiger charge is 2.23. The van der Waals surface area contributed by atoms with E-state index in [4.69, 9.17) is 0 Å². The number of benzene rings is 2. The Hall–Kier alpha value is -3.46. The zero-order valence-electron chi connectivity index (χ0n) is 19.7. The van der Waals surface area contributed by atoms with E-state index < -0.39 is 0 Å². The summed E-state index contributed by atoms with van der Waals surface area (Å²) in [6.07, 6.45) is 0.00435. The number of thioether (sulfide) groups is 1. The van der Waals surface area contributed by atoms with Gasteiger partial charge in [0.15, 0.2) is 10.9 Å². The Bertz CT molecular complexity index is 1270. The third kappa shape index (κ3) is 6.16. The van der Waals surface area contributed by atoms with Gasteiger partial charge in [-0.1, -0.05) is 23.9 Å². The minimum Gasteiger partial charge on any atom is -0.368 e. The molecule has 0 aliphatic carbocycles. The van der Waals surface area contributed by atoms with Gasteiger partial charge < -0.3 is 14.8 Å². The molecule has 2 aromatic carbocycles. The van der Waals surface area contributed by atoms with E-state index in [0.717, 1.165) is 11.3 Å². The number of amides is 1.